The number of primary amides is 1. The molecule has 108 valence electrons. The first-order valence-electron chi connectivity index (χ1n) is 5.81. The summed E-state index contributed by atoms with van der Waals surface area (Å²) in [6.45, 7) is 1.61. The molecule has 0 fully saturated rings. The summed E-state index contributed by atoms with van der Waals surface area (Å²) >= 11 is 0. The number of nitrogens with zero attached hydrogens (tertiary/aromatic N) is 2. The zero-order valence-electron chi connectivity index (χ0n) is 10.9. The standard InChI is InChI=1S/C13H11N3O5/c1-7-10(17)3-2-4-11(7)21-13-9(12(14)18)5-8(6-15-13)16(19)20/h2-6,17H,1H3,(H2,14,18). The molecule has 0 spiro atoms. The fourth-order valence-corrected chi connectivity index (χ4v) is 1.62. The molecule has 1 aromatic carbocycles. The van der Waals surface area contributed by atoms with Crippen molar-refractivity contribution in [1.29, 1.82) is 0 Å². The van der Waals surface area contributed by atoms with E-state index in [4.69, 9.17) is 10.5 Å². The highest BCUT2D eigenvalue weighted by Crippen LogP contribution is 2.31. The molecule has 2 aromatic rings. The highest BCUT2D eigenvalue weighted by molar-refractivity contribution is 5.95. The number of benzene rings is 1. The smallest absolute Gasteiger partial charge is 0.288 e. The number of amides is 1. The number of ether oxygens (including phenoxy) is 1. The van der Waals surface area contributed by atoms with Gasteiger partial charge in [0.15, 0.2) is 0 Å². The zero-order valence-corrected chi connectivity index (χ0v) is 10.9. The molecule has 0 bridgehead atoms. The van der Waals surface area contributed by atoms with E-state index in [0.29, 0.717) is 5.56 Å². The van der Waals surface area contributed by atoms with Gasteiger partial charge in [-0.1, -0.05) is 6.07 Å². The van der Waals surface area contributed by atoms with Crippen LogP contribution in [0, 0.1) is 17.0 Å². The van der Waals surface area contributed by atoms with Crippen LogP contribution in [0.15, 0.2) is 30.5 Å². The third kappa shape index (κ3) is 2.89. The van der Waals surface area contributed by atoms with E-state index in [2.05, 4.69) is 4.98 Å². The van der Waals surface area contributed by atoms with Gasteiger partial charge in [0.25, 0.3) is 11.6 Å². The Balaban J connectivity index is 2.46. The van der Waals surface area contributed by atoms with Crippen LogP contribution in [0.5, 0.6) is 17.4 Å². The van der Waals surface area contributed by atoms with Gasteiger partial charge in [-0.05, 0) is 19.1 Å². The lowest BCUT2D eigenvalue weighted by molar-refractivity contribution is -0.385. The number of aromatic nitrogens is 1. The average molecular weight is 289 g/mol. The van der Waals surface area contributed by atoms with Crippen molar-refractivity contribution >= 4 is 11.6 Å². The van der Waals surface area contributed by atoms with E-state index in [1.165, 1.54) is 6.07 Å². The number of nitrogens with two attached hydrogens (primary N) is 1. The van der Waals surface area contributed by atoms with Crippen LogP contribution in [0.4, 0.5) is 5.69 Å². The lowest BCUT2D eigenvalue weighted by Crippen LogP contribution is -2.13. The van der Waals surface area contributed by atoms with Crippen LogP contribution in [0.1, 0.15) is 15.9 Å². The molecular formula is C13H11N3O5. The van der Waals surface area contributed by atoms with E-state index < -0.39 is 10.8 Å². The molecule has 8 nitrogen and oxygen atoms in total. The van der Waals surface area contributed by atoms with Gasteiger partial charge in [0.1, 0.15) is 23.3 Å². The normalized spacial score (nSPS) is 10.1. The molecule has 0 aliphatic rings. The van der Waals surface area contributed by atoms with E-state index in [1.807, 2.05) is 0 Å². The van der Waals surface area contributed by atoms with E-state index in [1.54, 1.807) is 19.1 Å². The van der Waals surface area contributed by atoms with Crippen molar-refractivity contribution in [2.75, 3.05) is 0 Å². The maximum absolute atomic E-state index is 11.4. The number of hydrogen-bond donors (Lipinski definition) is 2. The minimum atomic E-state index is -0.904. The third-order valence-corrected chi connectivity index (χ3v) is 2.78. The summed E-state index contributed by atoms with van der Waals surface area (Å²) in [5.41, 5.74) is 5.03. The summed E-state index contributed by atoms with van der Waals surface area (Å²) in [6.07, 6.45) is 0.958. The van der Waals surface area contributed by atoms with Crippen LogP contribution >= 0.6 is 0 Å². The molecule has 21 heavy (non-hydrogen) atoms. The van der Waals surface area contributed by atoms with Gasteiger partial charge in [-0.15, -0.1) is 0 Å². The van der Waals surface area contributed by atoms with Gasteiger partial charge in [-0.25, -0.2) is 4.98 Å². The van der Waals surface area contributed by atoms with Crippen LogP contribution in [0.3, 0.4) is 0 Å². The highest BCUT2D eigenvalue weighted by Gasteiger charge is 2.18. The Labute approximate surface area is 119 Å². The number of aromatic hydroxyl groups is 1. The van der Waals surface area contributed by atoms with Crippen molar-refractivity contribution in [2.24, 2.45) is 5.73 Å². The van der Waals surface area contributed by atoms with Crippen LogP contribution < -0.4 is 10.5 Å². The average Bonchev–Trinajstić information content (AvgIpc) is 2.43. The van der Waals surface area contributed by atoms with Crippen molar-refractivity contribution < 1.29 is 19.6 Å². The van der Waals surface area contributed by atoms with Gasteiger partial charge in [-0.2, -0.15) is 0 Å². The van der Waals surface area contributed by atoms with Gasteiger partial charge in [0, 0.05) is 11.6 Å². The summed E-state index contributed by atoms with van der Waals surface area (Å²) < 4.78 is 5.42. The molecule has 1 heterocycles. The number of pyridine rings is 1. The SMILES string of the molecule is Cc1c(O)cccc1Oc1ncc([N+](=O)[O-])cc1C(N)=O. The summed E-state index contributed by atoms with van der Waals surface area (Å²) in [4.78, 5) is 25.1. The number of phenols is 1. The van der Waals surface area contributed by atoms with Gasteiger partial charge in [-0.3, -0.25) is 14.9 Å². The fraction of sp³-hybridized carbons (Fsp3) is 0.0769. The number of carbonyl (C=O) groups excluding carboxylic acids is 1. The van der Waals surface area contributed by atoms with Crippen molar-refractivity contribution in [2.45, 2.75) is 6.92 Å². The zero-order chi connectivity index (χ0) is 15.6. The van der Waals surface area contributed by atoms with E-state index in [0.717, 1.165) is 12.3 Å². The minimum absolute atomic E-state index is 0.00929. The molecule has 0 radical (unpaired) electrons. The lowest BCUT2D eigenvalue weighted by atomic mass is 10.2. The molecule has 0 saturated carbocycles. The van der Waals surface area contributed by atoms with E-state index in [-0.39, 0.29) is 28.6 Å². The predicted octanol–water partition coefficient (Wildman–Crippen LogP) is 1.90. The quantitative estimate of drug-likeness (QED) is 0.653. The molecule has 0 atom stereocenters. The largest absolute Gasteiger partial charge is 0.508 e. The molecule has 8 heteroatoms. The van der Waals surface area contributed by atoms with Crippen molar-refractivity contribution in [3.8, 4) is 17.4 Å². The first kappa shape index (κ1) is 14.3. The Hall–Kier alpha value is -3.16. The first-order chi connectivity index (χ1) is 9.90. The Bertz CT molecular complexity index is 730. The van der Waals surface area contributed by atoms with Crippen LogP contribution in [0.25, 0.3) is 0 Å². The number of phenolic OH excluding ortho intramolecular Hbond substituents is 1. The molecule has 2 rings (SSSR count). The van der Waals surface area contributed by atoms with Crippen molar-refractivity contribution in [3.63, 3.8) is 0 Å². The molecule has 0 aliphatic heterocycles. The molecule has 1 amide bonds. The predicted molar refractivity (Wildman–Crippen MR) is 72.3 cm³/mol. The number of nitro groups is 1. The Kier molecular flexibility index (Phi) is 3.70. The molecule has 0 unspecified atom stereocenters. The Morgan fingerprint density at radius 1 is 1.48 bits per heavy atom. The summed E-state index contributed by atoms with van der Waals surface area (Å²) in [7, 11) is 0. The van der Waals surface area contributed by atoms with Gasteiger partial charge in [0.2, 0.25) is 5.88 Å². The molecule has 1 aromatic heterocycles. The Morgan fingerprint density at radius 3 is 2.81 bits per heavy atom. The van der Waals surface area contributed by atoms with E-state index in [9.17, 15) is 20.0 Å². The highest BCUT2D eigenvalue weighted by atomic mass is 16.6. The van der Waals surface area contributed by atoms with Crippen molar-refractivity contribution in [3.05, 3.63) is 51.7 Å². The molecule has 0 aliphatic carbocycles. The van der Waals surface area contributed by atoms with Crippen molar-refractivity contribution in [1.82, 2.24) is 4.98 Å². The number of carbonyl (C=O) groups is 1. The molecule has 0 saturated heterocycles. The maximum Gasteiger partial charge on any atom is 0.288 e. The van der Waals surface area contributed by atoms with Crippen LogP contribution in [-0.2, 0) is 0 Å². The number of hydrogen-bond acceptors (Lipinski definition) is 6. The summed E-state index contributed by atoms with van der Waals surface area (Å²) in [6, 6.07) is 5.57. The maximum atomic E-state index is 11.4. The summed E-state index contributed by atoms with van der Waals surface area (Å²) in [5, 5.41) is 20.3. The topological polar surface area (TPSA) is 129 Å². The second-order valence-corrected chi connectivity index (χ2v) is 4.17. The summed E-state index contributed by atoms with van der Waals surface area (Å²) in [5.74, 6) is -0.797. The first-order valence-corrected chi connectivity index (χ1v) is 5.81. The monoisotopic (exact) mass is 289 g/mol. The second-order valence-electron chi connectivity index (χ2n) is 4.17. The minimum Gasteiger partial charge on any atom is -0.508 e. The fourth-order valence-electron chi connectivity index (χ4n) is 1.62. The molecule has 3 N–H and O–H groups in total. The van der Waals surface area contributed by atoms with Crippen LogP contribution in [0.2, 0.25) is 0 Å². The Morgan fingerprint density at radius 2 is 2.19 bits per heavy atom. The number of rotatable bonds is 4. The lowest BCUT2D eigenvalue weighted by Gasteiger charge is -2.10. The third-order valence-electron chi connectivity index (χ3n) is 2.78. The van der Waals surface area contributed by atoms with E-state index >= 15 is 0 Å². The van der Waals surface area contributed by atoms with Gasteiger partial charge >= 0.3 is 0 Å². The van der Waals surface area contributed by atoms with Gasteiger partial charge < -0.3 is 15.6 Å². The molecular weight excluding hydrogens is 278 g/mol. The van der Waals surface area contributed by atoms with Crippen LogP contribution in [-0.4, -0.2) is 20.9 Å². The second kappa shape index (κ2) is 5.45. The van der Waals surface area contributed by atoms with Gasteiger partial charge in [0.05, 0.1) is 4.92 Å².